The molecule has 0 saturated carbocycles. The van der Waals surface area contributed by atoms with Gasteiger partial charge >= 0.3 is 0 Å². The van der Waals surface area contributed by atoms with Crippen LogP contribution in [0, 0.1) is 0 Å². The fourth-order valence-corrected chi connectivity index (χ4v) is 2.42. The van der Waals surface area contributed by atoms with Gasteiger partial charge in [-0.2, -0.15) is 5.10 Å². The Bertz CT molecular complexity index is 732. The zero-order chi connectivity index (χ0) is 14.7. The van der Waals surface area contributed by atoms with Gasteiger partial charge in [0.1, 0.15) is 0 Å². The van der Waals surface area contributed by atoms with Crippen molar-refractivity contribution < 1.29 is 0 Å². The number of rotatable bonds is 4. The minimum Gasteiger partial charge on any atom is -0.353 e. The summed E-state index contributed by atoms with van der Waals surface area (Å²) < 4.78 is 0. The number of benzene rings is 2. The third kappa shape index (κ3) is 2.85. The van der Waals surface area contributed by atoms with Crippen LogP contribution in [0.5, 0.6) is 0 Å². The lowest BCUT2D eigenvalue weighted by Crippen LogP contribution is -2.18. The van der Waals surface area contributed by atoms with Crippen molar-refractivity contribution in [1.82, 2.24) is 10.2 Å². The van der Waals surface area contributed by atoms with Gasteiger partial charge < -0.3 is 10.6 Å². The maximum atomic E-state index is 5.63. The van der Waals surface area contributed by atoms with Gasteiger partial charge in [-0.3, -0.25) is 0 Å². The van der Waals surface area contributed by atoms with Crippen molar-refractivity contribution in [3.63, 3.8) is 0 Å². The Kier molecular flexibility index (Phi) is 3.79. The van der Waals surface area contributed by atoms with Gasteiger partial charge in [-0.25, -0.2) is 0 Å². The molecule has 3 aromatic rings. The smallest absolute Gasteiger partial charge is 0.159 e. The minimum absolute atomic E-state index is 0.574. The topological polar surface area (TPSA) is 55.0 Å². The number of aromatic nitrogens is 2. The zero-order valence-corrected chi connectivity index (χ0v) is 12.0. The Balaban J connectivity index is 1.88. The third-order valence-electron chi connectivity index (χ3n) is 3.59. The normalized spacial score (nSPS) is 10.8. The van der Waals surface area contributed by atoms with Crippen LogP contribution >= 0.6 is 0 Å². The van der Waals surface area contributed by atoms with Crippen molar-refractivity contribution in [3.05, 3.63) is 65.9 Å². The average molecular weight is 278 g/mol. The van der Waals surface area contributed by atoms with E-state index in [1.165, 1.54) is 5.56 Å². The summed E-state index contributed by atoms with van der Waals surface area (Å²) in [6, 6.07) is 16.5. The first-order valence-corrected chi connectivity index (χ1v) is 6.97. The molecule has 2 aromatic carbocycles. The summed E-state index contributed by atoms with van der Waals surface area (Å²) in [5, 5.41) is 10.6. The van der Waals surface area contributed by atoms with Gasteiger partial charge in [-0.15, -0.1) is 5.10 Å². The molecular weight excluding hydrogens is 260 g/mol. The highest BCUT2D eigenvalue weighted by Crippen LogP contribution is 2.23. The summed E-state index contributed by atoms with van der Waals surface area (Å²) in [7, 11) is 2.04. The molecule has 106 valence electrons. The first kappa shape index (κ1) is 13.5. The predicted molar refractivity (Wildman–Crippen MR) is 86.0 cm³/mol. The highest BCUT2D eigenvalue weighted by Gasteiger charge is 2.08. The van der Waals surface area contributed by atoms with Crippen molar-refractivity contribution >= 4 is 16.6 Å². The van der Waals surface area contributed by atoms with E-state index in [2.05, 4.69) is 51.5 Å². The molecule has 0 amide bonds. The SMILES string of the molecule is CN(Cc1ccc(CN)cc1)c1nncc2ccccc12. The summed E-state index contributed by atoms with van der Waals surface area (Å²) in [5.41, 5.74) is 8.00. The second-order valence-corrected chi connectivity index (χ2v) is 5.13. The molecule has 2 N–H and O–H groups in total. The Labute approximate surface area is 124 Å². The van der Waals surface area contributed by atoms with E-state index >= 15 is 0 Å². The van der Waals surface area contributed by atoms with E-state index in [1.54, 1.807) is 6.20 Å². The molecule has 4 heteroatoms. The van der Waals surface area contributed by atoms with E-state index < -0.39 is 0 Å². The molecule has 0 saturated heterocycles. The molecule has 0 atom stereocenters. The largest absolute Gasteiger partial charge is 0.353 e. The van der Waals surface area contributed by atoms with Gasteiger partial charge in [0.25, 0.3) is 0 Å². The Morgan fingerprint density at radius 1 is 1.00 bits per heavy atom. The summed E-state index contributed by atoms with van der Waals surface area (Å²) in [5.74, 6) is 0.899. The molecular formula is C17H18N4. The van der Waals surface area contributed by atoms with E-state index in [1.807, 2.05) is 19.2 Å². The lowest BCUT2D eigenvalue weighted by molar-refractivity contribution is 0.875. The molecule has 0 fully saturated rings. The van der Waals surface area contributed by atoms with Crippen LogP contribution in [-0.4, -0.2) is 17.2 Å². The van der Waals surface area contributed by atoms with Crippen molar-refractivity contribution in [1.29, 1.82) is 0 Å². The lowest BCUT2D eigenvalue weighted by atomic mass is 10.1. The van der Waals surface area contributed by atoms with Crippen LogP contribution in [-0.2, 0) is 13.1 Å². The van der Waals surface area contributed by atoms with Crippen LogP contribution in [0.1, 0.15) is 11.1 Å². The molecule has 0 spiro atoms. The monoisotopic (exact) mass is 278 g/mol. The van der Waals surface area contributed by atoms with Gasteiger partial charge in [0.2, 0.25) is 0 Å². The van der Waals surface area contributed by atoms with Crippen molar-refractivity contribution in [2.24, 2.45) is 5.73 Å². The van der Waals surface area contributed by atoms with Crippen molar-refractivity contribution in [2.75, 3.05) is 11.9 Å². The number of hydrogen-bond acceptors (Lipinski definition) is 4. The molecule has 0 aliphatic rings. The Hall–Kier alpha value is -2.46. The highest BCUT2D eigenvalue weighted by atomic mass is 15.2. The van der Waals surface area contributed by atoms with E-state index in [-0.39, 0.29) is 0 Å². The predicted octanol–water partition coefficient (Wildman–Crippen LogP) is 2.72. The number of nitrogens with two attached hydrogens (primary N) is 1. The lowest BCUT2D eigenvalue weighted by Gasteiger charge is -2.19. The molecule has 1 aromatic heterocycles. The second kappa shape index (κ2) is 5.89. The van der Waals surface area contributed by atoms with Gasteiger partial charge in [-0.1, -0.05) is 48.5 Å². The molecule has 21 heavy (non-hydrogen) atoms. The summed E-state index contributed by atoms with van der Waals surface area (Å²) in [6.07, 6.45) is 1.79. The number of fused-ring (bicyclic) bond motifs is 1. The molecule has 0 bridgehead atoms. The zero-order valence-electron chi connectivity index (χ0n) is 12.0. The van der Waals surface area contributed by atoms with E-state index in [0.717, 1.165) is 28.7 Å². The van der Waals surface area contributed by atoms with Gasteiger partial charge in [-0.05, 0) is 11.1 Å². The molecule has 3 rings (SSSR count). The van der Waals surface area contributed by atoms with Gasteiger partial charge in [0.05, 0.1) is 6.20 Å². The summed E-state index contributed by atoms with van der Waals surface area (Å²) >= 11 is 0. The average Bonchev–Trinajstić information content (AvgIpc) is 2.55. The summed E-state index contributed by atoms with van der Waals surface area (Å²) in [6.45, 7) is 1.36. The Morgan fingerprint density at radius 2 is 1.71 bits per heavy atom. The van der Waals surface area contributed by atoms with E-state index in [9.17, 15) is 0 Å². The van der Waals surface area contributed by atoms with Crippen LogP contribution in [0.3, 0.4) is 0 Å². The fraction of sp³-hybridized carbons (Fsp3) is 0.176. The van der Waals surface area contributed by atoms with Crippen LogP contribution in [0.2, 0.25) is 0 Å². The first-order valence-electron chi connectivity index (χ1n) is 6.97. The third-order valence-corrected chi connectivity index (χ3v) is 3.59. The van der Waals surface area contributed by atoms with Crippen LogP contribution in [0.4, 0.5) is 5.82 Å². The molecule has 0 aliphatic heterocycles. The standard InChI is InChI=1S/C17H18N4/c1-21(12-14-8-6-13(10-18)7-9-14)17-16-5-3-2-4-15(16)11-19-20-17/h2-9,11H,10,12,18H2,1H3. The Morgan fingerprint density at radius 3 is 2.48 bits per heavy atom. The fourth-order valence-electron chi connectivity index (χ4n) is 2.42. The molecule has 0 unspecified atom stereocenters. The quantitative estimate of drug-likeness (QED) is 0.797. The second-order valence-electron chi connectivity index (χ2n) is 5.13. The molecule has 1 heterocycles. The number of anilines is 1. The van der Waals surface area contributed by atoms with Crippen LogP contribution in [0.25, 0.3) is 10.8 Å². The molecule has 0 aliphatic carbocycles. The first-order chi connectivity index (χ1) is 10.3. The number of hydrogen-bond donors (Lipinski definition) is 1. The highest BCUT2D eigenvalue weighted by molar-refractivity contribution is 5.91. The van der Waals surface area contributed by atoms with Crippen molar-refractivity contribution in [2.45, 2.75) is 13.1 Å². The molecule has 0 radical (unpaired) electrons. The van der Waals surface area contributed by atoms with Crippen LogP contribution in [0.15, 0.2) is 54.7 Å². The summed E-state index contributed by atoms with van der Waals surface area (Å²) in [4.78, 5) is 2.12. The maximum absolute atomic E-state index is 5.63. The number of nitrogens with zero attached hydrogens (tertiary/aromatic N) is 3. The van der Waals surface area contributed by atoms with E-state index in [4.69, 9.17) is 5.73 Å². The molecule has 4 nitrogen and oxygen atoms in total. The van der Waals surface area contributed by atoms with E-state index in [0.29, 0.717) is 6.54 Å². The van der Waals surface area contributed by atoms with Gasteiger partial charge in [0, 0.05) is 30.9 Å². The van der Waals surface area contributed by atoms with Crippen LogP contribution < -0.4 is 10.6 Å². The van der Waals surface area contributed by atoms with Gasteiger partial charge in [0.15, 0.2) is 5.82 Å². The van der Waals surface area contributed by atoms with Crippen molar-refractivity contribution in [3.8, 4) is 0 Å². The minimum atomic E-state index is 0.574. The maximum Gasteiger partial charge on any atom is 0.159 e.